The summed E-state index contributed by atoms with van der Waals surface area (Å²) < 4.78 is 44.9. The van der Waals surface area contributed by atoms with Gasteiger partial charge in [0, 0.05) is 13.1 Å². The molecule has 1 aliphatic rings. The van der Waals surface area contributed by atoms with E-state index in [0.29, 0.717) is 24.6 Å². The number of sulfonamides is 1. The van der Waals surface area contributed by atoms with Crippen LogP contribution in [0.3, 0.4) is 0 Å². The maximum absolute atomic E-state index is 12.8. The van der Waals surface area contributed by atoms with E-state index in [1.165, 1.54) is 16.4 Å². The van der Waals surface area contributed by atoms with E-state index in [4.69, 9.17) is 4.74 Å². The van der Waals surface area contributed by atoms with Gasteiger partial charge < -0.3 is 4.74 Å². The van der Waals surface area contributed by atoms with Crippen LogP contribution in [0.2, 0.25) is 0 Å². The molecule has 0 unspecified atom stereocenters. The summed E-state index contributed by atoms with van der Waals surface area (Å²) in [7, 11) is -3.44. The van der Waals surface area contributed by atoms with E-state index in [1.54, 1.807) is 24.3 Å². The molecule has 0 radical (unpaired) electrons. The van der Waals surface area contributed by atoms with Gasteiger partial charge in [0.25, 0.3) is 0 Å². The van der Waals surface area contributed by atoms with Crippen molar-refractivity contribution in [1.82, 2.24) is 4.31 Å². The van der Waals surface area contributed by atoms with Crippen molar-refractivity contribution in [2.45, 2.75) is 31.0 Å². The molecule has 24 heavy (non-hydrogen) atoms. The van der Waals surface area contributed by atoms with E-state index < -0.39 is 10.0 Å². The number of hydrogen-bond donors (Lipinski definition) is 0. The maximum Gasteiger partial charge on any atom is 0.243 e. The summed E-state index contributed by atoms with van der Waals surface area (Å²) in [6, 6.07) is 13.1. The molecule has 1 aliphatic heterocycles. The van der Waals surface area contributed by atoms with Crippen molar-refractivity contribution < 1.29 is 17.5 Å². The van der Waals surface area contributed by atoms with Gasteiger partial charge in [-0.3, -0.25) is 0 Å². The highest BCUT2D eigenvalue weighted by Crippen LogP contribution is 2.24. The first kappa shape index (κ1) is 17.1. The van der Waals surface area contributed by atoms with Crippen LogP contribution in [-0.2, 0) is 27.8 Å². The Bertz CT molecular complexity index is 782. The topological polar surface area (TPSA) is 46.6 Å². The van der Waals surface area contributed by atoms with E-state index >= 15 is 0 Å². The summed E-state index contributed by atoms with van der Waals surface area (Å²) in [5.74, 6) is -0.284. The highest BCUT2D eigenvalue weighted by Gasteiger charge is 2.37. The summed E-state index contributed by atoms with van der Waals surface area (Å²) in [5.41, 5.74) is 1.98. The number of rotatable bonds is 6. The molecule has 4 nitrogen and oxygen atoms in total. The van der Waals surface area contributed by atoms with Crippen LogP contribution in [-0.4, -0.2) is 31.9 Å². The Morgan fingerprint density at radius 2 is 1.62 bits per heavy atom. The zero-order valence-electron chi connectivity index (χ0n) is 13.5. The number of benzene rings is 2. The lowest BCUT2D eigenvalue weighted by molar-refractivity contribution is -0.0295. The van der Waals surface area contributed by atoms with Crippen molar-refractivity contribution in [2.75, 3.05) is 13.1 Å². The zero-order valence-corrected chi connectivity index (χ0v) is 14.3. The van der Waals surface area contributed by atoms with Crippen LogP contribution in [0.25, 0.3) is 0 Å². The molecule has 1 saturated heterocycles. The molecule has 0 N–H and O–H groups in total. The fraction of sp³-hybridized carbons (Fsp3) is 0.333. The summed E-state index contributed by atoms with van der Waals surface area (Å²) in [5, 5.41) is 0. The predicted molar refractivity (Wildman–Crippen MR) is 89.6 cm³/mol. The Hall–Kier alpha value is -1.76. The Labute approximate surface area is 141 Å². The average molecular weight is 349 g/mol. The monoisotopic (exact) mass is 349 g/mol. The van der Waals surface area contributed by atoms with Gasteiger partial charge in [0.15, 0.2) is 0 Å². The van der Waals surface area contributed by atoms with Crippen LogP contribution in [0, 0.1) is 5.82 Å². The van der Waals surface area contributed by atoms with Gasteiger partial charge in [-0.05, 0) is 41.8 Å². The van der Waals surface area contributed by atoms with Crippen LogP contribution in [0.15, 0.2) is 53.4 Å². The molecule has 0 amide bonds. The van der Waals surface area contributed by atoms with Gasteiger partial charge in [-0.25, -0.2) is 12.8 Å². The number of hydrogen-bond acceptors (Lipinski definition) is 3. The van der Waals surface area contributed by atoms with Gasteiger partial charge in [0.05, 0.1) is 17.6 Å². The molecule has 2 aromatic carbocycles. The second-order valence-electron chi connectivity index (χ2n) is 5.88. The van der Waals surface area contributed by atoms with E-state index in [9.17, 15) is 12.8 Å². The van der Waals surface area contributed by atoms with E-state index in [-0.39, 0.29) is 11.9 Å². The number of aryl methyl sites for hydroxylation is 1. The van der Waals surface area contributed by atoms with Crippen LogP contribution < -0.4 is 0 Å². The van der Waals surface area contributed by atoms with Gasteiger partial charge in [0.1, 0.15) is 5.82 Å². The molecule has 0 aromatic heterocycles. The van der Waals surface area contributed by atoms with Crippen molar-refractivity contribution in [2.24, 2.45) is 0 Å². The van der Waals surface area contributed by atoms with Gasteiger partial charge in [-0.15, -0.1) is 0 Å². The Kier molecular flexibility index (Phi) is 4.99. The maximum atomic E-state index is 12.8. The van der Waals surface area contributed by atoms with Gasteiger partial charge in [0.2, 0.25) is 10.0 Å². The lowest BCUT2D eigenvalue weighted by Gasteiger charge is -2.37. The second kappa shape index (κ2) is 7.01. The molecule has 6 heteroatoms. The average Bonchev–Trinajstić information content (AvgIpc) is 2.55. The van der Waals surface area contributed by atoms with Crippen molar-refractivity contribution >= 4 is 10.0 Å². The van der Waals surface area contributed by atoms with Crippen molar-refractivity contribution in [3.05, 3.63) is 65.5 Å². The Morgan fingerprint density at radius 3 is 2.21 bits per heavy atom. The third-order valence-electron chi connectivity index (χ3n) is 4.18. The highest BCUT2D eigenvalue weighted by molar-refractivity contribution is 7.89. The summed E-state index contributed by atoms with van der Waals surface area (Å²) >= 11 is 0. The normalized spacial score (nSPS) is 16.1. The molecule has 1 heterocycles. The Balaban J connectivity index is 1.54. The highest BCUT2D eigenvalue weighted by atomic mass is 32.2. The molecular formula is C18H20FNO3S. The molecular weight excluding hydrogens is 329 g/mol. The fourth-order valence-corrected chi connectivity index (χ4v) is 4.05. The molecule has 2 aromatic rings. The third-order valence-corrected chi connectivity index (χ3v) is 6.03. The fourth-order valence-electron chi connectivity index (χ4n) is 2.54. The SMILES string of the molecule is CCc1ccc(S(=O)(=O)N2CC(OCc3ccc(F)cc3)C2)cc1. The first-order valence-electron chi connectivity index (χ1n) is 7.94. The van der Waals surface area contributed by atoms with Crippen molar-refractivity contribution in [3.8, 4) is 0 Å². The van der Waals surface area contributed by atoms with Gasteiger partial charge >= 0.3 is 0 Å². The third kappa shape index (κ3) is 3.66. The van der Waals surface area contributed by atoms with Crippen molar-refractivity contribution in [1.29, 1.82) is 0 Å². The minimum absolute atomic E-state index is 0.125. The molecule has 0 atom stereocenters. The second-order valence-corrected chi connectivity index (χ2v) is 7.82. The minimum atomic E-state index is -3.44. The van der Waals surface area contributed by atoms with Gasteiger partial charge in [-0.2, -0.15) is 4.31 Å². The summed E-state index contributed by atoms with van der Waals surface area (Å²) in [6.45, 7) is 3.07. The molecule has 0 spiro atoms. The quantitative estimate of drug-likeness (QED) is 0.805. The lowest BCUT2D eigenvalue weighted by atomic mass is 10.2. The smallest absolute Gasteiger partial charge is 0.243 e. The molecule has 0 aliphatic carbocycles. The number of halogens is 1. The summed E-state index contributed by atoms with van der Waals surface area (Å²) in [6.07, 6.45) is 0.753. The standard InChI is InChI=1S/C18H20FNO3S/c1-2-14-5-9-18(10-6-14)24(21,22)20-11-17(12-20)23-13-15-3-7-16(19)8-4-15/h3-10,17H,2,11-13H2,1H3. The van der Waals surface area contributed by atoms with Crippen LogP contribution in [0.5, 0.6) is 0 Å². The predicted octanol–water partition coefficient (Wildman–Crippen LogP) is 2.98. The first-order chi connectivity index (χ1) is 11.5. The molecule has 0 saturated carbocycles. The number of nitrogens with zero attached hydrogens (tertiary/aromatic N) is 1. The molecule has 3 rings (SSSR count). The summed E-state index contributed by atoms with van der Waals surface area (Å²) in [4.78, 5) is 0.316. The van der Waals surface area contributed by atoms with E-state index in [0.717, 1.165) is 17.5 Å². The minimum Gasteiger partial charge on any atom is -0.371 e. The van der Waals surface area contributed by atoms with E-state index in [1.807, 2.05) is 19.1 Å². The Morgan fingerprint density at radius 1 is 1.04 bits per heavy atom. The molecule has 128 valence electrons. The first-order valence-corrected chi connectivity index (χ1v) is 9.38. The van der Waals surface area contributed by atoms with Crippen molar-refractivity contribution in [3.63, 3.8) is 0 Å². The lowest BCUT2D eigenvalue weighted by Crippen LogP contribution is -2.54. The zero-order chi connectivity index (χ0) is 17.2. The van der Waals surface area contributed by atoms with Crippen LogP contribution in [0.4, 0.5) is 4.39 Å². The molecule has 1 fully saturated rings. The van der Waals surface area contributed by atoms with E-state index in [2.05, 4.69) is 0 Å². The molecule has 0 bridgehead atoms. The largest absolute Gasteiger partial charge is 0.371 e. The number of ether oxygens (including phenoxy) is 1. The van der Waals surface area contributed by atoms with Crippen LogP contribution in [0.1, 0.15) is 18.1 Å². The van der Waals surface area contributed by atoms with Crippen LogP contribution >= 0.6 is 0 Å². The van der Waals surface area contributed by atoms with Gasteiger partial charge in [-0.1, -0.05) is 31.2 Å².